The molecule has 8 heteroatoms. The number of halogens is 2. The van der Waals surface area contributed by atoms with Crippen LogP contribution in [-0.2, 0) is 11.2 Å². The van der Waals surface area contributed by atoms with E-state index in [-0.39, 0.29) is 30.9 Å². The molecular formula is C15H26Cl2N4OS. The van der Waals surface area contributed by atoms with E-state index in [1.165, 1.54) is 17.7 Å². The van der Waals surface area contributed by atoms with Crippen LogP contribution in [0.3, 0.4) is 0 Å². The molecule has 1 aromatic rings. The topological polar surface area (TPSA) is 48.5 Å². The zero-order chi connectivity index (χ0) is 14.7. The van der Waals surface area contributed by atoms with Crippen LogP contribution in [0.2, 0.25) is 0 Å². The van der Waals surface area contributed by atoms with Crippen molar-refractivity contribution >= 4 is 47.2 Å². The van der Waals surface area contributed by atoms with Crippen molar-refractivity contribution in [1.29, 1.82) is 0 Å². The van der Waals surface area contributed by atoms with Crippen molar-refractivity contribution in [3.63, 3.8) is 0 Å². The highest BCUT2D eigenvalue weighted by Gasteiger charge is 2.28. The Morgan fingerprint density at radius 3 is 2.61 bits per heavy atom. The number of hydrogen-bond donors (Lipinski definition) is 1. The summed E-state index contributed by atoms with van der Waals surface area (Å²) in [6, 6.07) is 0.0526. The zero-order valence-electron chi connectivity index (χ0n) is 13.5. The number of carbonyl (C=O) groups excluding carboxylic acids is 1. The fourth-order valence-corrected chi connectivity index (χ4v) is 3.91. The van der Waals surface area contributed by atoms with Crippen LogP contribution in [0.5, 0.6) is 0 Å². The summed E-state index contributed by atoms with van der Waals surface area (Å²) in [6.07, 6.45) is 6.38. The molecule has 0 spiro atoms. The van der Waals surface area contributed by atoms with Gasteiger partial charge in [-0.05, 0) is 25.8 Å². The monoisotopic (exact) mass is 380 g/mol. The number of thiazole rings is 1. The molecule has 132 valence electrons. The molecule has 2 aliphatic heterocycles. The molecule has 23 heavy (non-hydrogen) atoms. The van der Waals surface area contributed by atoms with Crippen LogP contribution in [0.15, 0.2) is 6.20 Å². The Balaban J connectivity index is 0.00000132. The quantitative estimate of drug-likeness (QED) is 0.873. The van der Waals surface area contributed by atoms with Gasteiger partial charge in [-0.2, -0.15) is 0 Å². The van der Waals surface area contributed by atoms with Gasteiger partial charge in [0.2, 0.25) is 5.91 Å². The average Bonchev–Trinajstić information content (AvgIpc) is 3.04. The van der Waals surface area contributed by atoms with Crippen molar-refractivity contribution in [1.82, 2.24) is 15.2 Å². The Morgan fingerprint density at radius 1 is 1.30 bits per heavy atom. The van der Waals surface area contributed by atoms with E-state index in [2.05, 4.69) is 22.1 Å². The third-order valence-corrected chi connectivity index (χ3v) is 5.56. The predicted octanol–water partition coefficient (Wildman–Crippen LogP) is 2.34. The maximum atomic E-state index is 12.5. The lowest BCUT2D eigenvalue weighted by molar-refractivity contribution is -0.134. The summed E-state index contributed by atoms with van der Waals surface area (Å²) in [7, 11) is 0. The van der Waals surface area contributed by atoms with Crippen LogP contribution in [0.1, 0.15) is 31.1 Å². The number of aromatic nitrogens is 1. The molecule has 3 rings (SSSR count). The fourth-order valence-electron chi connectivity index (χ4n) is 3.01. The highest BCUT2D eigenvalue weighted by molar-refractivity contribution is 7.15. The predicted molar refractivity (Wildman–Crippen MR) is 100 cm³/mol. The number of carbonyl (C=O) groups is 1. The summed E-state index contributed by atoms with van der Waals surface area (Å²) in [5, 5.41) is 4.46. The van der Waals surface area contributed by atoms with E-state index in [4.69, 9.17) is 0 Å². The Bertz CT molecular complexity index is 486. The number of piperazine rings is 1. The Kier molecular flexibility index (Phi) is 8.61. The standard InChI is InChI=1S/C15H24N4OS.2ClH/c1-2-12-11-17-15(21-12)19-9-7-18(8-10-19)14(20)13-5-3-4-6-16-13;;/h11,13,16H,2-10H2,1H3;2*1H/t13-;;/m1../s1. The van der Waals surface area contributed by atoms with Gasteiger partial charge in [0.15, 0.2) is 5.13 Å². The van der Waals surface area contributed by atoms with Gasteiger partial charge in [-0.3, -0.25) is 4.79 Å². The van der Waals surface area contributed by atoms with Gasteiger partial charge < -0.3 is 15.1 Å². The number of nitrogens with one attached hydrogen (secondary N) is 1. The average molecular weight is 381 g/mol. The number of nitrogens with zero attached hydrogens (tertiary/aromatic N) is 3. The molecule has 0 aromatic carbocycles. The second-order valence-electron chi connectivity index (χ2n) is 5.78. The van der Waals surface area contributed by atoms with E-state index in [1.807, 2.05) is 11.1 Å². The summed E-state index contributed by atoms with van der Waals surface area (Å²) in [6.45, 7) is 6.57. The summed E-state index contributed by atoms with van der Waals surface area (Å²) in [5.41, 5.74) is 0. The summed E-state index contributed by atoms with van der Waals surface area (Å²) < 4.78 is 0. The van der Waals surface area contributed by atoms with E-state index in [0.29, 0.717) is 5.91 Å². The van der Waals surface area contributed by atoms with Crippen molar-refractivity contribution < 1.29 is 4.79 Å². The molecule has 2 saturated heterocycles. The zero-order valence-corrected chi connectivity index (χ0v) is 15.9. The molecule has 0 bridgehead atoms. The fraction of sp³-hybridized carbons (Fsp3) is 0.733. The number of anilines is 1. The van der Waals surface area contributed by atoms with E-state index < -0.39 is 0 Å². The number of piperidine rings is 1. The molecule has 1 aromatic heterocycles. The molecule has 0 unspecified atom stereocenters. The van der Waals surface area contributed by atoms with Crippen LogP contribution in [0.25, 0.3) is 0 Å². The van der Waals surface area contributed by atoms with E-state index >= 15 is 0 Å². The van der Waals surface area contributed by atoms with Crippen molar-refractivity contribution in [3.05, 3.63) is 11.1 Å². The van der Waals surface area contributed by atoms with Gasteiger partial charge >= 0.3 is 0 Å². The Labute approximate surface area is 154 Å². The second-order valence-corrected chi connectivity index (χ2v) is 6.87. The first-order chi connectivity index (χ1) is 10.3. The Hall–Kier alpha value is -0.560. The summed E-state index contributed by atoms with van der Waals surface area (Å²) in [5.74, 6) is 0.294. The molecule has 2 aliphatic rings. The highest BCUT2D eigenvalue weighted by atomic mass is 35.5. The lowest BCUT2D eigenvalue weighted by Gasteiger charge is -2.37. The van der Waals surface area contributed by atoms with Crippen molar-refractivity contribution in [3.8, 4) is 0 Å². The van der Waals surface area contributed by atoms with Crippen molar-refractivity contribution in [2.45, 2.75) is 38.6 Å². The normalized spacial score (nSPS) is 21.3. The first-order valence-corrected chi connectivity index (χ1v) is 8.81. The summed E-state index contributed by atoms with van der Waals surface area (Å²) >= 11 is 1.78. The van der Waals surface area contributed by atoms with Gasteiger partial charge in [-0.1, -0.05) is 13.3 Å². The Morgan fingerprint density at radius 2 is 2.04 bits per heavy atom. The maximum absolute atomic E-state index is 12.5. The van der Waals surface area contributed by atoms with E-state index in [1.54, 1.807) is 11.3 Å². The molecule has 0 radical (unpaired) electrons. The van der Waals surface area contributed by atoms with Crippen molar-refractivity contribution in [2.24, 2.45) is 0 Å². The van der Waals surface area contributed by atoms with Gasteiger partial charge in [0, 0.05) is 37.3 Å². The molecule has 2 fully saturated rings. The van der Waals surface area contributed by atoms with Crippen LogP contribution in [0, 0.1) is 0 Å². The van der Waals surface area contributed by atoms with Gasteiger partial charge in [0.25, 0.3) is 0 Å². The van der Waals surface area contributed by atoms with Gasteiger partial charge in [-0.15, -0.1) is 36.2 Å². The summed E-state index contributed by atoms with van der Waals surface area (Å²) in [4.78, 5) is 22.6. The van der Waals surface area contributed by atoms with Gasteiger partial charge in [0.05, 0.1) is 6.04 Å². The van der Waals surface area contributed by atoms with E-state index in [9.17, 15) is 4.79 Å². The molecule has 0 saturated carbocycles. The van der Waals surface area contributed by atoms with Gasteiger partial charge in [0.1, 0.15) is 0 Å². The number of amides is 1. The number of hydrogen-bond acceptors (Lipinski definition) is 5. The first kappa shape index (κ1) is 20.5. The van der Waals surface area contributed by atoms with Gasteiger partial charge in [-0.25, -0.2) is 4.98 Å². The van der Waals surface area contributed by atoms with Crippen molar-refractivity contribution in [2.75, 3.05) is 37.6 Å². The highest BCUT2D eigenvalue weighted by Crippen LogP contribution is 2.24. The van der Waals surface area contributed by atoms with Crippen LogP contribution < -0.4 is 10.2 Å². The molecule has 1 amide bonds. The first-order valence-electron chi connectivity index (χ1n) is 7.99. The smallest absolute Gasteiger partial charge is 0.239 e. The SMILES string of the molecule is CCc1cnc(N2CCN(C(=O)[C@H]3CCCCN3)CC2)s1.Cl.Cl. The lowest BCUT2D eigenvalue weighted by atomic mass is 10.0. The lowest BCUT2D eigenvalue weighted by Crippen LogP contribution is -2.55. The van der Waals surface area contributed by atoms with Crippen LogP contribution >= 0.6 is 36.2 Å². The number of rotatable bonds is 3. The molecule has 1 atom stereocenters. The third kappa shape index (κ3) is 4.95. The molecule has 5 nitrogen and oxygen atoms in total. The second kappa shape index (κ2) is 9.67. The molecule has 3 heterocycles. The third-order valence-electron chi connectivity index (χ3n) is 4.36. The molecular weight excluding hydrogens is 355 g/mol. The molecule has 0 aliphatic carbocycles. The van der Waals surface area contributed by atoms with Crippen LogP contribution in [0.4, 0.5) is 5.13 Å². The van der Waals surface area contributed by atoms with Crippen LogP contribution in [-0.4, -0.2) is 54.6 Å². The maximum Gasteiger partial charge on any atom is 0.239 e. The minimum atomic E-state index is 0. The van der Waals surface area contributed by atoms with E-state index in [0.717, 1.165) is 50.7 Å². The number of aryl methyl sites for hydroxylation is 1. The largest absolute Gasteiger partial charge is 0.345 e. The minimum absolute atomic E-state index is 0. The minimum Gasteiger partial charge on any atom is -0.345 e. The molecule has 1 N–H and O–H groups in total.